The number of hydrogen-bond acceptors (Lipinski definition) is 1. The van der Waals surface area contributed by atoms with Gasteiger partial charge in [-0.25, -0.2) is 13.5 Å². The van der Waals surface area contributed by atoms with E-state index in [1.54, 1.807) is 0 Å². The second-order valence-corrected chi connectivity index (χ2v) is 4.23. The van der Waals surface area contributed by atoms with Crippen LogP contribution in [0.3, 0.4) is 0 Å². The summed E-state index contributed by atoms with van der Waals surface area (Å²) in [5.74, 6) is -1.84. The molecule has 1 heterocycles. The van der Waals surface area contributed by atoms with Gasteiger partial charge in [0.1, 0.15) is 16.2 Å². The summed E-state index contributed by atoms with van der Waals surface area (Å²) in [6.07, 6.45) is -4.63. The smallest absolute Gasteiger partial charge is 0.288 e. The van der Waals surface area contributed by atoms with Crippen LogP contribution in [0.1, 0.15) is 11.3 Å². The van der Waals surface area contributed by atoms with Crippen molar-refractivity contribution in [2.45, 2.75) is 13.1 Å². The molecule has 8 heteroatoms. The van der Waals surface area contributed by atoms with Crippen molar-refractivity contribution >= 4 is 12.2 Å². The highest BCUT2D eigenvalue weighted by Gasteiger charge is 2.35. The minimum atomic E-state index is -4.63. The highest BCUT2D eigenvalue weighted by atomic mass is 32.1. The summed E-state index contributed by atoms with van der Waals surface area (Å²) >= 11 is 4.83. The summed E-state index contributed by atoms with van der Waals surface area (Å²) in [5, 5.41) is 1.99. The van der Waals surface area contributed by atoms with Crippen LogP contribution < -0.4 is 0 Å². The van der Waals surface area contributed by atoms with Crippen molar-refractivity contribution in [3.63, 3.8) is 0 Å². The Morgan fingerprint density at radius 3 is 2.32 bits per heavy atom. The molecule has 2 aromatic rings. The van der Waals surface area contributed by atoms with Crippen molar-refractivity contribution in [2.24, 2.45) is 0 Å². The van der Waals surface area contributed by atoms with Gasteiger partial charge in [-0.05, 0) is 19.1 Å². The van der Waals surface area contributed by atoms with Gasteiger partial charge in [0, 0.05) is 11.6 Å². The molecular formula is C11H7F5N2S. The van der Waals surface area contributed by atoms with Gasteiger partial charge in [0.2, 0.25) is 0 Å². The van der Waals surface area contributed by atoms with Crippen LogP contribution in [0.25, 0.3) is 5.69 Å². The zero-order valence-electron chi connectivity index (χ0n) is 9.48. The number of H-pyrrole nitrogens is 1. The van der Waals surface area contributed by atoms with Gasteiger partial charge in [0.05, 0.1) is 5.69 Å². The largest absolute Gasteiger partial charge is 0.433 e. The maximum absolute atomic E-state index is 13.5. The van der Waals surface area contributed by atoms with Gasteiger partial charge >= 0.3 is 6.18 Å². The van der Waals surface area contributed by atoms with Gasteiger partial charge in [0.25, 0.3) is 0 Å². The molecule has 19 heavy (non-hydrogen) atoms. The number of halogens is 5. The van der Waals surface area contributed by atoms with Crippen LogP contribution in [0, 0.1) is 23.2 Å². The minimum Gasteiger partial charge on any atom is -0.288 e. The molecule has 0 bridgehead atoms. The summed E-state index contributed by atoms with van der Waals surface area (Å²) in [7, 11) is 0. The van der Waals surface area contributed by atoms with Crippen LogP contribution in [0.5, 0.6) is 0 Å². The standard InChI is InChI=1S/C11H7F5N2S/c1-5-9(11(14,15)16)17-18(10(5)19)8-3-2-6(12)4-7(8)13/h2-4,17H,1H3. The molecule has 1 N–H and O–H groups in total. The van der Waals surface area contributed by atoms with Crippen molar-refractivity contribution in [1.82, 2.24) is 9.78 Å². The molecule has 0 fully saturated rings. The molecule has 1 aromatic carbocycles. The van der Waals surface area contributed by atoms with E-state index in [-0.39, 0.29) is 15.9 Å². The third-order valence-electron chi connectivity index (χ3n) is 2.56. The number of aromatic nitrogens is 2. The Morgan fingerprint density at radius 1 is 1.21 bits per heavy atom. The molecular weight excluding hydrogens is 287 g/mol. The summed E-state index contributed by atoms with van der Waals surface area (Å²) in [5.41, 5.74) is -1.54. The molecule has 1 aromatic heterocycles. The normalized spacial score (nSPS) is 11.9. The molecule has 0 amide bonds. The lowest BCUT2D eigenvalue weighted by atomic mass is 10.2. The first-order valence-corrected chi connectivity index (χ1v) is 5.47. The SMILES string of the molecule is Cc1c(C(F)(F)F)[nH]n(-c2ccc(F)cc2F)c1=S. The Labute approximate surface area is 109 Å². The highest BCUT2D eigenvalue weighted by molar-refractivity contribution is 7.71. The lowest BCUT2D eigenvalue weighted by Gasteiger charge is -2.06. The van der Waals surface area contributed by atoms with E-state index in [1.165, 1.54) is 6.92 Å². The molecule has 2 rings (SSSR count). The second-order valence-electron chi connectivity index (χ2n) is 3.85. The number of hydrogen-bond donors (Lipinski definition) is 1. The molecule has 2 nitrogen and oxygen atoms in total. The van der Waals surface area contributed by atoms with Crippen LogP contribution >= 0.6 is 12.2 Å². The zero-order chi connectivity index (χ0) is 14.4. The third-order valence-corrected chi connectivity index (χ3v) is 3.05. The summed E-state index contributed by atoms with van der Waals surface area (Å²) < 4.78 is 64.9. The summed E-state index contributed by atoms with van der Waals surface area (Å²) in [6.45, 7) is 1.18. The van der Waals surface area contributed by atoms with E-state index in [0.717, 1.165) is 16.8 Å². The highest BCUT2D eigenvalue weighted by Crippen LogP contribution is 2.32. The fourth-order valence-electron chi connectivity index (χ4n) is 1.63. The van der Waals surface area contributed by atoms with E-state index in [0.29, 0.717) is 6.07 Å². The van der Waals surface area contributed by atoms with Crippen molar-refractivity contribution in [1.29, 1.82) is 0 Å². The van der Waals surface area contributed by atoms with E-state index in [2.05, 4.69) is 0 Å². The third kappa shape index (κ3) is 2.40. The molecule has 0 aliphatic rings. The van der Waals surface area contributed by atoms with Crippen LogP contribution in [-0.4, -0.2) is 9.78 Å². The molecule has 0 saturated carbocycles. The molecule has 0 aliphatic heterocycles. The fourth-order valence-corrected chi connectivity index (χ4v) is 1.88. The summed E-state index contributed by atoms with van der Waals surface area (Å²) in [6, 6.07) is 2.51. The number of benzene rings is 1. The monoisotopic (exact) mass is 294 g/mol. The first-order valence-electron chi connectivity index (χ1n) is 5.06. The second kappa shape index (κ2) is 4.44. The number of nitrogens with one attached hydrogen (secondary N) is 1. The molecule has 0 spiro atoms. The number of aromatic amines is 1. The average molecular weight is 294 g/mol. The van der Waals surface area contributed by atoms with Gasteiger partial charge in [0.15, 0.2) is 5.82 Å². The first-order chi connectivity index (χ1) is 8.71. The fraction of sp³-hybridized carbons (Fsp3) is 0.182. The van der Waals surface area contributed by atoms with E-state index < -0.39 is 23.5 Å². The predicted octanol–water partition coefficient (Wildman–Crippen LogP) is 4.14. The number of nitrogens with zero attached hydrogens (tertiary/aromatic N) is 1. The van der Waals surface area contributed by atoms with Crippen LogP contribution in [0.4, 0.5) is 22.0 Å². The first kappa shape index (κ1) is 13.7. The van der Waals surface area contributed by atoms with Crippen molar-refractivity contribution in [3.05, 3.63) is 45.7 Å². The summed E-state index contributed by atoms with van der Waals surface area (Å²) in [4.78, 5) is 0. The lowest BCUT2D eigenvalue weighted by molar-refractivity contribution is -0.141. The Hall–Kier alpha value is -1.70. The van der Waals surface area contributed by atoms with E-state index in [1.807, 2.05) is 5.10 Å². The van der Waals surface area contributed by atoms with E-state index in [4.69, 9.17) is 12.2 Å². The van der Waals surface area contributed by atoms with Crippen LogP contribution in [0.2, 0.25) is 0 Å². The topological polar surface area (TPSA) is 20.7 Å². The maximum atomic E-state index is 13.5. The van der Waals surface area contributed by atoms with Crippen molar-refractivity contribution < 1.29 is 22.0 Å². The zero-order valence-corrected chi connectivity index (χ0v) is 10.3. The van der Waals surface area contributed by atoms with Crippen LogP contribution in [-0.2, 0) is 6.18 Å². The number of alkyl halides is 3. The van der Waals surface area contributed by atoms with Gasteiger partial charge in [-0.1, -0.05) is 12.2 Å². The molecule has 0 radical (unpaired) electrons. The molecule has 0 unspecified atom stereocenters. The number of rotatable bonds is 1. The molecule has 0 saturated heterocycles. The molecule has 102 valence electrons. The predicted molar refractivity (Wildman–Crippen MR) is 60.6 cm³/mol. The minimum absolute atomic E-state index is 0.210. The quantitative estimate of drug-likeness (QED) is 0.619. The molecule has 0 aliphatic carbocycles. The van der Waals surface area contributed by atoms with Crippen LogP contribution in [0.15, 0.2) is 18.2 Å². The Balaban J connectivity index is 2.68. The van der Waals surface area contributed by atoms with E-state index in [9.17, 15) is 22.0 Å². The van der Waals surface area contributed by atoms with Gasteiger partial charge in [-0.15, -0.1) is 0 Å². The average Bonchev–Trinajstić information content (AvgIpc) is 2.56. The van der Waals surface area contributed by atoms with E-state index >= 15 is 0 Å². The van der Waals surface area contributed by atoms with Crippen molar-refractivity contribution in [2.75, 3.05) is 0 Å². The Morgan fingerprint density at radius 2 is 1.84 bits per heavy atom. The van der Waals surface area contributed by atoms with Gasteiger partial charge in [-0.2, -0.15) is 13.2 Å². The lowest BCUT2D eigenvalue weighted by Crippen LogP contribution is -2.09. The Bertz CT molecular complexity index is 683. The Kier molecular flexibility index (Phi) is 3.21. The maximum Gasteiger partial charge on any atom is 0.433 e. The van der Waals surface area contributed by atoms with Gasteiger partial charge in [-0.3, -0.25) is 5.10 Å². The van der Waals surface area contributed by atoms with Gasteiger partial charge < -0.3 is 0 Å². The van der Waals surface area contributed by atoms with Crippen molar-refractivity contribution in [3.8, 4) is 5.69 Å². The molecule has 0 atom stereocenters.